The van der Waals surface area contributed by atoms with Crippen molar-refractivity contribution in [2.24, 2.45) is 5.92 Å². The summed E-state index contributed by atoms with van der Waals surface area (Å²) in [7, 11) is 0. The van der Waals surface area contributed by atoms with Crippen LogP contribution in [0.25, 0.3) is 0 Å². The van der Waals surface area contributed by atoms with Gasteiger partial charge in [-0.1, -0.05) is 26.0 Å². The first-order chi connectivity index (χ1) is 7.16. The predicted molar refractivity (Wildman–Crippen MR) is 58.9 cm³/mol. The highest BCUT2D eigenvalue weighted by molar-refractivity contribution is 5.77. The van der Waals surface area contributed by atoms with Gasteiger partial charge in [0.25, 0.3) is 0 Å². The molecular formula is C13H16O2. The third-order valence-electron chi connectivity index (χ3n) is 2.68. The fraction of sp³-hybridized carbons (Fsp3) is 0.462. The van der Waals surface area contributed by atoms with Crippen molar-refractivity contribution in [3.63, 3.8) is 0 Å². The summed E-state index contributed by atoms with van der Waals surface area (Å²) in [6.07, 6.45) is 1.98. The number of hydrogen-bond acceptors (Lipinski definition) is 2. The molecule has 1 saturated carbocycles. The summed E-state index contributed by atoms with van der Waals surface area (Å²) in [4.78, 5) is 11.4. The first-order valence-electron chi connectivity index (χ1n) is 5.48. The van der Waals surface area contributed by atoms with E-state index in [0.29, 0.717) is 11.7 Å². The quantitative estimate of drug-likeness (QED) is 0.558. The van der Waals surface area contributed by atoms with E-state index in [9.17, 15) is 4.79 Å². The van der Waals surface area contributed by atoms with E-state index < -0.39 is 0 Å². The lowest BCUT2D eigenvalue weighted by molar-refractivity contribution is -0.135. The van der Waals surface area contributed by atoms with E-state index >= 15 is 0 Å². The topological polar surface area (TPSA) is 26.3 Å². The van der Waals surface area contributed by atoms with Crippen LogP contribution in [0.3, 0.4) is 0 Å². The number of carbonyl (C=O) groups is 1. The molecule has 0 heterocycles. The van der Waals surface area contributed by atoms with Crippen molar-refractivity contribution in [3.8, 4) is 5.75 Å². The molecule has 15 heavy (non-hydrogen) atoms. The molecule has 0 bridgehead atoms. The second kappa shape index (κ2) is 4.05. The third-order valence-corrected chi connectivity index (χ3v) is 2.68. The summed E-state index contributed by atoms with van der Waals surface area (Å²) < 4.78 is 5.23. The Hall–Kier alpha value is -1.31. The van der Waals surface area contributed by atoms with Crippen LogP contribution in [0.1, 0.15) is 38.2 Å². The smallest absolute Gasteiger partial charge is 0.314 e. The molecule has 1 aromatic rings. The zero-order chi connectivity index (χ0) is 10.8. The third kappa shape index (κ3) is 2.58. The Bertz CT molecular complexity index is 347. The van der Waals surface area contributed by atoms with Gasteiger partial charge in [0.15, 0.2) is 0 Å². The maximum absolute atomic E-state index is 11.4. The predicted octanol–water partition coefficient (Wildman–Crippen LogP) is 3.13. The van der Waals surface area contributed by atoms with E-state index in [2.05, 4.69) is 13.8 Å². The summed E-state index contributed by atoms with van der Waals surface area (Å²) in [6, 6.07) is 7.77. The number of benzene rings is 1. The summed E-state index contributed by atoms with van der Waals surface area (Å²) in [5.41, 5.74) is 1.27. The van der Waals surface area contributed by atoms with Crippen molar-refractivity contribution in [1.29, 1.82) is 0 Å². The van der Waals surface area contributed by atoms with Gasteiger partial charge in [-0.15, -0.1) is 0 Å². The van der Waals surface area contributed by atoms with Gasteiger partial charge in [-0.3, -0.25) is 4.79 Å². The molecule has 0 aromatic heterocycles. The van der Waals surface area contributed by atoms with Crippen molar-refractivity contribution in [3.05, 3.63) is 29.8 Å². The van der Waals surface area contributed by atoms with Crippen LogP contribution in [-0.2, 0) is 4.79 Å². The Labute approximate surface area is 90.3 Å². The zero-order valence-electron chi connectivity index (χ0n) is 9.19. The Morgan fingerprint density at radius 2 is 1.87 bits per heavy atom. The molecule has 1 aromatic carbocycles. The molecule has 0 saturated heterocycles. The van der Waals surface area contributed by atoms with Gasteiger partial charge < -0.3 is 4.74 Å². The maximum Gasteiger partial charge on any atom is 0.314 e. The van der Waals surface area contributed by atoms with Crippen molar-refractivity contribution in [2.45, 2.75) is 32.6 Å². The van der Waals surface area contributed by atoms with E-state index in [0.717, 1.165) is 12.8 Å². The molecule has 0 atom stereocenters. The van der Waals surface area contributed by atoms with Gasteiger partial charge in [0.1, 0.15) is 5.75 Å². The van der Waals surface area contributed by atoms with E-state index in [-0.39, 0.29) is 11.9 Å². The van der Waals surface area contributed by atoms with Crippen LogP contribution in [-0.4, -0.2) is 5.97 Å². The SMILES string of the molecule is CC(C)c1ccc(OC(=O)C2CC2)cc1. The van der Waals surface area contributed by atoms with Gasteiger partial charge in [0, 0.05) is 0 Å². The number of carbonyl (C=O) groups excluding carboxylic acids is 1. The van der Waals surface area contributed by atoms with Crippen LogP contribution in [0.2, 0.25) is 0 Å². The van der Waals surface area contributed by atoms with E-state index in [1.807, 2.05) is 24.3 Å². The minimum Gasteiger partial charge on any atom is -0.426 e. The number of rotatable bonds is 3. The van der Waals surface area contributed by atoms with Crippen LogP contribution in [0.15, 0.2) is 24.3 Å². The Balaban J connectivity index is 2.00. The van der Waals surface area contributed by atoms with Gasteiger partial charge in [0.05, 0.1) is 5.92 Å². The van der Waals surface area contributed by atoms with Crippen LogP contribution < -0.4 is 4.74 Å². The minimum absolute atomic E-state index is 0.0766. The molecule has 80 valence electrons. The lowest BCUT2D eigenvalue weighted by Gasteiger charge is -2.07. The van der Waals surface area contributed by atoms with E-state index in [4.69, 9.17) is 4.74 Å². The molecule has 0 radical (unpaired) electrons. The molecule has 1 fully saturated rings. The van der Waals surface area contributed by atoms with E-state index in [1.54, 1.807) is 0 Å². The zero-order valence-corrected chi connectivity index (χ0v) is 9.19. The average Bonchev–Trinajstić information content (AvgIpc) is 3.01. The number of ether oxygens (including phenoxy) is 1. The van der Waals surface area contributed by atoms with Crippen LogP contribution >= 0.6 is 0 Å². The van der Waals surface area contributed by atoms with Gasteiger partial charge in [-0.2, -0.15) is 0 Å². The molecule has 2 heteroatoms. The first-order valence-corrected chi connectivity index (χ1v) is 5.48. The largest absolute Gasteiger partial charge is 0.426 e. The van der Waals surface area contributed by atoms with Crippen LogP contribution in [0.4, 0.5) is 0 Å². The molecular weight excluding hydrogens is 188 g/mol. The van der Waals surface area contributed by atoms with Gasteiger partial charge in [0.2, 0.25) is 0 Å². The molecule has 0 unspecified atom stereocenters. The Morgan fingerprint density at radius 3 is 2.33 bits per heavy atom. The van der Waals surface area contributed by atoms with Gasteiger partial charge in [-0.05, 0) is 36.5 Å². The normalized spacial score (nSPS) is 15.4. The average molecular weight is 204 g/mol. The molecule has 2 rings (SSSR count). The van der Waals surface area contributed by atoms with Gasteiger partial charge >= 0.3 is 5.97 Å². The highest BCUT2D eigenvalue weighted by Crippen LogP contribution is 2.31. The second-order valence-electron chi connectivity index (χ2n) is 4.42. The summed E-state index contributed by atoms with van der Waals surface area (Å²) in [5, 5.41) is 0. The molecule has 1 aliphatic carbocycles. The summed E-state index contributed by atoms with van der Waals surface area (Å²) in [5.74, 6) is 1.26. The van der Waals surface area contributed by atoms with Crippen LogP contribution in [0, 0.1) is 5.92 Å². The Kier molecular flexibility index (Phi) is 2.76. The number of esters is 1. The molecule has 2 nitrogen and oxygen atoms in total. The molecule has 0 amide bonds. The molecule has 1 aliphatic rings. The van der Waals surface area contributed by atoms with Crippen molar-refractivity contribution < 1.29 is 9.53 Å². The highest BCUT2D eigenvalue weighted by Gasteiger charge is 2.31. The summed E-state index contributed by atoms with van der Waals surface area (Å²) in [6.45, 7) is 4.29. The Morgan fingerprint density at radius 1 is 1.27 bits per heavy atom. The fourth-order valence-corrected chi connectivity index (χ4v) is 1.44. The maximum atomic E-state index is 11.4. The lowest BCUT2D eigenvalue weighted by Crippen LogP contribution is -2.09. The molecule has 0 N–H and O–H groups in total. The van der Waals surface area contributed by atoms with Gasteiger partial charge in [-0.25, -0.2) is 0 Å². The molecule has 0 spiro atoms. The number of hydrogen-bond donors (Lipinski definition) is 0. The minimum atomic E-state index is -0.0766. The monoisotopic (exact) mass is 204 g/mol. The fourth-order valence-electron chi connectivity index (χ4n) is 1.44. The first kappa shape index (κ1) is 10.2. The van der Waals surface area contributed by atoms with Crippen molar-refractivity contribution >= 4 is 5.97 Å². The van der Waals surface area contributed by atoms with Crippen molar-refractivity contribution in [2.75, 3.05) is 0 Å². The molecule has 0 aliphatic heterocycles. The van der Waals surface area contributed by atoms with E-state index in [1.165, 1.54) is 5.56 Å². The summed E-state index contributed by atoms with van der Waals surface area (Å²) >= 11 is 0. The second-order valence-corrected chi connectivity index (χ2v) is 4.42. The van der Waals surface area contributed by atoms with Crippen molar-refractivity contribution in [1.82, 2.24) is 0 Å². The lowest BCUT2D eigenvalue weighted by atomic mass is 10.0. The highest BCUT2D eigenvalue weighted by atomic mass is 16.5. The van der Waals surface area contributed by atoms with Crippen LogP contribution in [0.5, 0.6) is 5.75 Å². The standard InChI is InChI=1S/C13H16O2/c1-9(2)10-5-7-12(8-6-10)15-13(14)11-3-4-11/h5-9,11H,3-4H2,1-2H3.